The molecule has 2 unspecified atom stereocenters. The average molecular weight is 273 g/mol. The number of hydrogen-bond donors (Lipinski definition) is 1. The van der Waals surface area contributed by atoms with E-state index in [9.17, 15) is 0 Å². The van der Waals surface area contributed by atoms with Gasteiger partial charge >= 0.3 is 0 Å². The standard InChI is InChI=1S/C17H27N3/c1-12-6-7-14(10-12)20-16-8-9-18-11-15(16)19-17(20)13-4-2-3-5-13/h12-14,18H,2-11H2,1H3. The quantitative estimate of drug-likeness (QED) is 0.893. The molecule has 2 saturated carbocycles. The van der Waals surface area contributed by atoms with Crippen LogP contribution < -0.4 is 5.32 Å². The van der Waals surface area contributed by atoms with Crippen molar-refractivity contribution >= 4 is 0 Å². The predicted octanol–water partition coefficient (Wildman–Crippen LogP) is 3.55. The molecule has 1 aromatic rings. The van der Waals surface area contributed by atoms with E-state index in [0.29, 0.717) is 0 Å². The van der Waals surface area contributed by atoms with Crippen LogP contribution in [0, 0.1) is 5.92 Å². The summed E-state index contributed by atoms with van der Waals surface area (Å²) in [5.41, 5.74) is 2.93. The van der Waals surface area contributed by atoms with Crippen molar-refractivity contribution in [2.24, 2.45) is 5.92 Å². The van der Waals surface area contributed by atoms with Crippen molar-refractivity contribution in [3.05, 3.63) is 17.2 Å². The summed E-state index contributed by atoms with van der Waals surface area (Å²) in [5, 5.41) is 3.50. The van der Waals surface area contributed by atoms with Crippen LogP contribution in [-0.4, -0.2) is 16.1 Å². The van der Waals surface area contributed by atoms with E-state index < -0.39 is 0 Å². The molecule has 2 aliphatic carbocycles. The third kappa shape index (κ3) is 2.11. The van der Waals surface area contributed by atoms with E-state index in [1.54, 1.807) is 5.69 Å². The number of nitrogens with one attached hydrogen (secondary N) is 1. The largest absolute Gasteiger partial charge is 0.328 e. The first-order valence-corrected chi connectivity index (χ1v) is 8.63. The second-order valence-corrected chi connectivity index (χ2v) is 7.21. The summed E-state index contributed by atoms with van der Waals surface area (Å²) in [5.74, 6) is 3.10. The molecule has 0 bridgehead atoms. The Labute approximate surface area is 122 Å². The predicted molar refractivity (Wildman–Crippen MR) is 80.9 cm³/mol. The Morgan fingerprint density at radius 2 is 2.00 bits per heavy atom. The molecule has 3 heteroatoms. The number of rotatable bonds is 2. The number of fused-ring (bicyclic) bond motifs is 1. The van der Waals surface area contributed by atoms with Crippen molar-refractivity contribution in [1.82, 2.24) is 14.9 Å². The Bertz CT molecular complexity index is 485. The summed E-state index contributed by atoms with van der Waals surface area (Å²) in [6.07, 6.45) is 10.9. The van der Waals surface area contributed by atoms with Crippen LogP contribution in [0.5, 0.6) is 0 Å². The molecule has 3 aliphatic rings. The minimum atomic E-state index is 0.745. The molecule has 3 nitrogen and oxygen atoms in total. The average Bonchev–Trinajstić information content (AvgIpc) is 3.16. The molecular weight excluding hydrogens is 246 g/mol. The highest BCUT2D eigenvalue weighted by Crippen LogP contribution is 2.41. The van der Waals surface area contributed by atoms with E-state index in [2.05, 4.69) is 16.8 Å². The molecule has 1 aromatic heterocycles. The first-order valence-electron chi connectivity index (χ1n) is 8.63. The summed E-state index contributed by atoms with van der Waals surface area (Å²) in [6.45, 7) is 4.54. The molecule has 2 atom stereocenters. The van der Waals surface area contributed by atoms with Gasteiger partial charge in [-0.1, -0.05) is 19.8 Å². The maximum absolute atomic E-state index is 5.10. The third-order valence-corrected chi connectivity index (χ3v) is 5.70. The van der Waals surface area contributed by atoms with Gasteiger partial charge in [0.2, 0.25) is 0 Å². The number of aromatic nitrogens is 2. The van der Waals surface area contributed by atoms with Crippen molar-refractivity contribution in [1.29, 1.82) is 0 Å². The van der Waals surface area contributed by atoms with Crippen LogP contribution in [0.4, 0.5) is 0 Å². The zero-order chi connectivity index (χ0) is 13.5. The molecule has 0 amide bonds. The van der Waals surface area contributed by atoms with Gasteiger partial charge in [-0.2, -0.15) is 0 Å². The monoisotopic (exact) mass is 273 g/mol. The fourth-order valence-corrected chi connectivity index (χ4v) is 4.64. The van der Waals surface area contributed by atoms with Gasteiger partial charge in [0.05, 0.1) is 5.69 Å². The summed E-state index contributed by atoms with van der Waals surface area (Å²) in [6, 6.07) is 0.745. The van der Waals surface area contributed by atoms with E-state index in [-0.39, 0.29) is 0 Å². The zero-order valence-electron chi connectivity index (χ0n) is 12.7. The number of imidazole rings is 1. The van der Waals surface area contributed by atoms with Gasteiger partial charge in [-0.15, -0.1) is 0 Å². The van der Waals surface area contributed by atoms with E-state index in [1.165, 1.54) is 62.9 Å². The van der Waals surface area contributed by atoms with Crippen LogP contribution in [0.15, 0.2) is 0 Å². The summed E-state index contributed by atoms with van der Waals surface area (Å²) in [4.78, 5) is 5.10. The molecule has 2 fully saturated rings. The van der Waals surface area contributed by atoms with Crippen molar-refractivity contribution in [2.45, 2.75) is 76.8 Å². The van der Waals surface area contributed by atoms with Crippen molar-refractivity contribution in [3.63, 3.8) is 0 Å². The number of hydrogen-bond acceptors (Lipinski definition) is 2. The fraction of sp³-hybridized carbons (Fsp3) is 0.824. The van der Waals surface area contributed by atoms with Gasteiger partial charge in [-0.3, -0.25) is 0 Å². The molecule has 4 rings (SSSR count). The van der Waals surface area contributed by atoms with Crippen LogP contribution >= 0.6 is 0 Å². The molecular formula is C17H27N3. The molecule has 1 N–H and O–H groups in total. The SMILES string of the molecule is CC1CCC(n2c(C3CCCC3)nc3c2CCNC3)C1. The first-order chi connectivity index (χ1) is 9.83. The van der Waals surface area contributed by atoms with Crippen molar-refractivity contribution in [2.75, 3.05) is 6.54 Å². The van der Waals surface area contributed by atoms with E-state index in [1.807, 2.05) is 0 Å². The van der Waals surface area contributed by atoms with Gasteiger partial charge in [0.15, 0.2) is 0 Å². The zero-order valence-corrected chi connectivity index (χ0v) is 12.7. The molecule has 20 heavy (non-hydrogen) atoms. The van der Waals surface area contributed by atoms with Gasteiger partial charge in [0.1, 0.15) is 5.82 Å². The lowest BCUT2D eigenvalue weighted by molar-refractivity contribution is 0.441. The van der Waals surface area contributed by atoms with E-state index in [4.69, 9.17) is 4.98 Å². The minimum absolute atomic E-state index is 0.745. The smallest absolute Gasteiger partial charge is 0.112 e. The Hall–Kier alpha value is -0.830. The van der Waals surface area contributed by atoms with E-state index in [0.717, 1.165) is 31.0 Å². The molecule has 0 radical (unpaired) electrons. The van der Waals surface area contributed by atoms with Crippen LogP contribution in [-0.2, 0) is 13.0 Å². The normalized spacial score (nSPS) is 30.9. The van der Waals surface area contributed by atoms with Gasteiger partial charge in [0, 0.05) is 37.2 Å². The van der Waals surface area contributed by atoms with Crippen molar-refractivity contribution < 1.29 is 0 Å². The summed E-state index contributed by atoms with van der Waals surface area (Å²) < 4.78 is 2.72. The molecule has 0 spiro atoms. The van der Waals surface area contributed by atoms with Crippen LogP contribution in [0.25, 0.3) is 0 Å². The molecule has 110 valence electrons. The van der Waals surface area contributed by atoms with Gasteiger partial charge in [-0.05, 0) is 38.0 Å². The van der Waals surface area contributed by atoms with Crippen LogP contribution in [0.1, 0.15) is 81.0 Å². The molecule has 2 heterocycles. The fourth-order valence-electron chi connectivity index (χ4n) is 4.64. The Morgan fingerprint density at radius 3 is 2.75 bits per heavy atom. The Balaban J connectivity index is 1.74. The molecule has 0 saturated heterocycles. The highest BCUT2D eigenvalue weighted by atomic mass is 15.1. The maximum Gasteiger partial charge on any atom is 0.112 e. The third-order valence-electron chi connectivity index (χ3n) is 5.70. The first kappa shape index (κ1) is 12.9. The Morgan fingerprint density at radius 1 is 1.15 bits per heavy atom. The topological polar surface area (TPSA) is 29.9 Å². The van der Waals surface area contributed by atoms with Gasteiger partial charge in [-0.25, -0.2) is 4.98 Å². The molecule has 1 aliphatic heterocycles. The lowest BCUT2D eigenvalue weighted by Crippen LogP contribution is -2.26. The minimum Gasteiger partial charge on any atom is -0.328 e. The maximum atomic E-state index is 5.10. The Kier molecular flexibility index (Phi) is 3.33. The van der Waals surface area contributed by atoms with Gasteiger partial charge < -0.3 is 9.88 Å². The number of nitrogens with zero attached hydrogens (tertiary/aromatic N) is 2. The second kappa shape index (κ2) is 5.18. The van der Waals surface area contributed by atoms with E-state index >= 15 is 0 Å². The highest BCUT2D eigenvalue weighted by Gasteiger charge is 2.32. The van der Waals surface area contributed by atoms with Crippen LogP contribution in [0.2, 0.25) is 0 Å². The lowest BCUT2D eigenvalue weighted by Gasteiger charge is -2.23. The van der Waals surface area contributed by atoms with Crippen LogP contribution in [0.3, 0.4) is 0 Å². The highest BCUT2D eigenvalue weighted by molar-refractivity contribution is 5.24. The molecule has 0 aromatic carbocycles. The summed E-state index contributed by atoms with van der Waals surface area (Å²) >= 11 is 0. The second-order valence-electron chi connectivity index (χ2n) is 7.21. The lowest BCUT2D eigenvalue weighted by atomic mass is 10.1. The van der Waals surface area contributed by atoms with Gasteiger partial charge in [0.25, 0.3) is 0 Å². The summed E-state index contributed by atoms with van der Waals surface area (Å²) in [7, 11) is 0. The van der Waals surface area contributed by atoms with Crippen molar-refractivity contribution in [3.8, 4) is 0 Å².